The zero-order valence-electron chi connectivity index (χ0n) is 10.5. The molecule has 0 aliphatic carbocycles. The molecule has 2 N–H and O–H groups in total. The molecule has 2 aromatic rings. The van der Waals surface area contributed by atoms with Crippen molar-refractivity contribution in [3.63, 3.8) is 0 Å². The summed E-state index contributed by atoms with van der Waals surface area (Å²) < 4.78 is 0. The van der Waals surface area contributed by atoms with Gasteiger partial charge in [-0.1, -0.05) is 12.1 Å². The quantitative estimate of drug-likeness (QED) is 0.839. The van der Waals surface area contributed by atoms with Crippen LogP contribution in [0.2, 0.25) is 0 Å². The summed E-state index contributed by atoms with van der Waals surface area (Å²) in [6.45, 7) is 0.677. The molecule has 3 nitrogen and oxygen atoms in total. The van der Waals surface area contributed by atoms with E-state index in [1.54, 1.807) is 11.8 Å². The predicted octanol–water partition coefficient (Wildman–Crippen LogP) is 2.76. The minimum Gasteiger partial charge on any atom is -0.330 e. The maximum absolute atomic E-state index is 5.50. The summed E-state index contributed by atoms with van der Waals surface area (Å²) in [7, 11) is 0. The lowest BCUT2D eigenvalue weighted by molar-refractivity contribution is 0.782. The second-order valence-electron chi connectivity index (χ2n) is 3.98. The minimum atomic E-state index is 0.677. The molecule has 0 aliphatic rings. The Bertz CT molecular complexity index is 497. The molecule has 0 saturated carbocycles. The van der Waals surface area contributed by atoms with E-state index in [9.17, 15) is 0 Å². The van der Waals surface area contributed by atoms with Gasteiger partial charge in [-0.2, -0.15) is 0 Å². The molecule has 0 fully saturated rings. The van der Waals surface area contributed by atoms with Crippen LogP contribution in [0.3, 0.4) is 0 Å². The predicted molar refractivity (Wildman–Crippen MR) is 76.6 cm³/mol. The van der Waals surface area contributed by atoms with E-state index in [-0.39, 0.29) is 0 Å². The summed E-state index contributed by atoms with van der Waals surface area (Å²) >= 11 is 1.74. The molecule has 0 aliphatic heterocycles. The Hall–Kier alpha value is -1.39. The van der Waals surface area contributed by atoms with Crippen molar-refractivity contribution in [1.82, 2.24) is 9.97 Å². The molecule has 0 spiro atoms. The van der Waals surface area contributed by atoms with Crippen molar-refractivity contribution in [3.05, 3.63) is 42.4 Å². The van der Waals surface area contributed by atoms with Crippen molar-refractivity contribution in [2.45, 2.75) is 17.7 Å². The van der Waals surface area contributed by atoms with Crippen molar-refractivity contribution < 1.29 is 0 Å². The van der Waals surface area contributed by atoms with E-state index in [0.29, 0.717) is 6.54 Å². The number of nitrogens with zero attached hydrogens (tertiary/aromatic N) is 2. The standard InChI is InChI=1S/C14H17N3S/c1-18-12-6-4-11(5-7-12)13-8-10-16-14(17-13)3-2-9-15/h4-8,10H,2-3,9,15H2,1H3. The first-order valence-electron chi connectivity index (χ1n) is 6.00. The summed E-state index contributed by atoms with van der Waals surface area (Å²) in [6.07, 6.45) is 5.66. The van der Waals surface area contributed by atoms with E-state index in [4.69, 9.17) is 5.73 Å². The largest absolute Gasteiger partial charge is 0.330 e. The number of hydrogen-bond acceptors (Lipinski definition) is 4. The molecule has 0 amide bonds. The fourth-order valence-electron chi connectivity index (χ4n) is 1.70. The van der Waals surface area contributed by atoms with Gasteiger partial charge in [0.25, 0.3) is 0 Å². The van der Waals surface area contributed by atoms with Crippen molar-refractivity contribution in [3.8, 4) is 11.3 Å². The van der Waals surface area contributed by atoms with Gasteiger partial charge in [0.05, 0.1) is 5.69 Å². The highest BCUT2D eigenvalue weighted by Gasteiger charge is 2.02. The smallest absolute Gasteiger partial charge is 0.128 e. The van der Waals surface area contributed by atoms with Gasteiger partial charge >= 0.3 is 0 Å². The topological polar surface area (TPSA) is 51.8 Å². The van der Waals surface area contributed by atoms with Gasteiger partial charge in [0.15, 0.2) is 0 Å². The fourth-order valence-corrected chi connectivity index (χ4v) is 2.11. The summed E-state index contributed by atoms with van der Waals surface area (Å²) in [6, 6.07) is 10.4. The second-order valence-corrected chi connectivity index (χ2v) is 4.86. The molecular weight excluding hydrogens is 242 g/mol. The van der Waals surface area contributed by atoms with Crippen LogP contribution in [0.1, 0.15) is 12.2 Å². The summed E-state index contributed by atoms with van der Waals surface area (Å²) in [5.41, 5.74) is 7.61. The van der Waals surface area contributed by atoms with Gasteiger partial charge in [-0.25, -0.2) is 9.97 Å². The van der Waals surface area contributed by atoms with Crippen molar-refractivity contribution in [2.75, 3.05) is 12.8 Å². The third-order valence-corrected chi connectivity index (χ3v) is 3.44. The van der Waals surface area contributed by atoms with Crippen LogP contribution in [0.15, 0.2) is 41.4 Å². The molecule has 94 valence electrons. The lowest BCUT2D eigenvalue weighted by Gasteiger charge is -2.04. The van der Waals surface area contributed by atoms with Gasteiger partial charge in [-0.3, -0.25) is 0 Å². The third kappa shape index (κ3) is 3.31. The molecule has 0 atom stereocenters. The van der Waals surface area contributed by atoms with Gasteiger partial charge in [-0.05, 0) is 37.4 Å². The molecule has 0 unspecified atom stereocenters. The Morgan fingerprint density at radius 1 is 1.17 bits per heavy atom. The Balaban J connectivity index is 2.20. The number of hydrogen-bond donors (Lipinski definition) is 1. The van der Waals surface area contributed by atoms with Gasteiger partial charge in [0, 0.05) is 23.1 Å². The van der Waals surface area contributed by atoms with Crippen LogP contribution in [-0.2, 0) is 6.42 Å². The summed E-state index contributed by atoms with van der Waals surface area (Å²) in [5, 5.41) is 0. The number of aryl methyl sites for hydroxylation is 1. The average Bonchev–Trinajstić information content (AvgIpc) is 2.45. The molecule has 18 heavy (non-hydrogen) atoms. The van der Waals surface area contributed by atoms with E-state index in [1.165, 1.54) is 4.90 Å². The zero-order chi connectivity index (χ0) is 12.8. The van der Waals surface area contributed by atoms with Gasteiger partial charge in [0.2, 0.25) is 0 Å². The Kier molecular flexibility index (Phi) is 4.73. The number of nitrogens with two attached hydrogens (primary N) is 1. The first-order chi connectivity index (χ1) is 8.83. The van der Waals surface area contributed by atoms with Crippen LogP contribution in [0.4, 0.5) is 0 Å². The zero-order valence-corrected chi connectivity index (χ0v) is 11.3. The highest BCUT2D eigenvalue weighted by atomic mass is 32.2. The van der Waals surface area contributed by atoms with Crippen LogP contribution in [0.5, 0.6) is 0 Å². The molecule has 4 heteroatoms. The monoisotopic (exact) mass is 259 g/mol. The Morgan fingerprint density at radius 2 is 1.94 bits per heavy atom. The molecular formula is C14H17N3S. The van der Waals surface area contributed by atoms with Crippen molar-refractivity contribution >= 4 is 11.8 Å². The first-order valence-corrected chi connectivity index (χ1v) is 7.22. The lowest BCUT2D eigenvalue weighted by Crippen LogP contribution is -2.03. The summed E-state index contributed by atoms with van der Waals surface area (Å²) in [5.74, 6) is 0.867. The highest BCUT2D eigenvalue weighted by Crippen LogP contribution is 2.21. The number of rotatable bonds is 5. The van der Waals surface area contributed by atoms with E-state index >= 15 is 0 Å². The third-order valence-electron chi connectivity index (χ3n) is 2.70. The second kappa shape index (κ2) is 6.52. The lowest BCUT2D eigenvalue weighted by atomic mass is 10.1. The van der Waals surface area contributed by atoms with Crippen molar-refractivity contribution in [1.29, 1.82) is 0 Å². The molecule has 1 heterocycles. The maximum Gasteiger partial charge on any atom is 0.128 e. The van der Waals surface area contributed by atoms with E-state index in [2.05, 4.69) is 40.5 Å². The molecule has 1 aromatic carbocycles. The first kappa shape index (κ1) is 13.1. The normalized spacial score (nSPS) is 10.6. The van der Waals surface area contributed by atoms with Crippen molar-refractivity contribution in [2.24, 2.45) is 5.73 Å². The molecule has 0 bridgehead atoms. The molecule has 0 radical (unpaired) electrons. The number of benzene rings is 1. The van der Waals surface area contributed by atoms with E-state index in [0.717, 1.165) is 29.9 Å². The van der Waals surface area contributed by atoms with Crippen LogP contribution in [-0.4, -0.2) is 22.8 Å². The van der Waals surface area contributed by atoms with Gasteiger partial charge in [-0.15, -0.1) is 11.8 Å². The fraction of sp³-hybridized carbons (Fsp3) is 0.286. The Morgan fingerprint density at radius 3 is 2.61 bits per heavy atom. The minimum absolute atomic E-state index is 0.677. The molecule has 1 aromatic heterocycles. The molecule has 2 rings (SSSR count). The van der Waals surface area contributed by atoms with Crippen LogP contribution in [0.25, 0.3) is 11.3 Å². The van der Waals surface area contributed by atoms with Gasteiger partial charge < -0.3 is 5.73 Å². The number of thioether (sulfide) groups is 1. The highest BCUT2D eigenvalue weighted by molar-refractivity contribution is 7.98. The van der Waals surface area contributed by atoms with E-state index < -0.39 is 0 Å². The summed E-state index contributed by atoms with van der Waals surface area (Å²) in [4.78, 5) is 10.1. The molecule has 0 saturated heterocycles. The SMILES string of the molecule is CSc1ccc(-c2ccnc(CCCN)n2)cc1. The van der Waals surface area contributed by atoms with E-state index in [1.807, 2.05) is 12.3 Å². The average molecular weight is 259 g/mol. The van der Waals surface area contributed by atoms with Crippen LogP contribution in [0, 0.1) is 0 Å². The van der Waals surface area contributed by atoms with Crippen LogP contribution < -0.4 is 5.73 Å². The Labute approximate surface area is 112 Å². The van der Waals surface area contributed by atoms with Crippen LogP contribution >= 0.6 is 11.8 Å². The van der Waals surface area contributed by atoms with Gasteiger partial charge in [0.1, 0.15) is 5.82 Å². The number of aromatic nitrogens is 2. The maximum atomic E-state index is 5.50.